The molecule has 3 aliphatic rings. The summed E-state index contributed by atoms with van der Waals surface area (Å²) in [6.45, 7) is 4.01. The number of furan rings is 1. The van der Waals surface area contributed by atoms with Gasteiger partial charge in [-0.1, -0.05) is 18.2 Å². The first kappa shape index (κ1) is 21.0. The predicted octanol–water partition coefficient (Wildman–Crippen LogP) is 4.55. The van der Waals surface area contributed by atoms with Gasteiger partial charge in [0.2, 0.25) is 5.91 Å². The summed E-state index contributed by atoms with van der Waals surface area (Å²) < 4.78 is 12.2. The third-order valence-corrected chi connectivity index (χ3v) is 8.03. The number of para-hydroxylation sites is 1. The number of benzene rings is 1. The number of nitrogens with zero attached hydrogens (tertiary/aromatic N) is 2. The van der Waals surface area contributed by atoms with Crippen LogP contribution in [0.1, 0.15) is 56.3 Å². The van der Waals surface area contributed by atoms with Crippen LogP contribution in [0.25, 0.3) is 11.0 Å². The Morgan fingerprint density at radius 1 is 1.13 bits per heavy atom. The predicted molar refractivity (Wildman–Crippen MR) is 122 cm³/mol. The van der Waals surface area contributed by atoms with Crippen molar-refractivity contribution in [3.8, 4) is 0 Å². The molecule has 0 bridgehead atoms. The van der Waals surface area contributed by atoms with Gasteiger partial charge in [-0.15, -0.1) is 0 Å². The van der Waals surface area contributed by atoms with E-state index in [-0.39, 0.29) is 17.6 Å². The molecule has 5 rings (SSSR count). The summed E-state index contributed by atoms with van der Waals surface area (Å²) >= 11 is 0. The maximum Gasteiger partial charge on any atom is 0.227 e. The maximum atomic E-state index is 13.5. The monoisotopic (exact) mass is 424 g/mol. The molecule has 168 valence electrons. The number of likely N-dealkylation sites (N-methyl/N-ethyl adjacent to an activating group) is 2. The van der Waals surface area contributed by atoms with Crippen LogP contribution in [0.2, 0.25) is 0 Å². The quantitative estimate of drug-likeness (QED) is 0.682. The van der Waals surface area contributed by atoms with Gasteiger partial charge in [0, 0.05) is 43.2 Å². The molecule has 1 aliphatic heterocycles. The first-order chi connectivity index (χ1) is 15.0. The molecular formula is C26H36N2O3. The SMILES string of the molecule is Cc1oc2ccccc2c1CC(=O)N(C)[C@H]1CC[C@@]2(CCCO2)C[C@@H]1N(C)CC1CC1. The van der Waals surface area contributed by atoms with Crippen LogP contribution >= 0.6 is 0 Å². The lowest BCUT2D eigenvalue weighted by Gasteiger charge is -2.48. The average Bonchev–Trinajstić information content (AvgIpc) is 3.38. The minimum atomic E-state index is 0.0419. The van der Waals surface area contributed by atoms with Gasteiger partial charge in [0.25, 0.3) is 0 Å². The molecule has 2 aliphatic carbocycles. The molecule has 1 amide bonds. The Morgan fingerprint density at radius 3 is 2.68 bits per heavy atom. The van der Waals surface area contributed by atoms with Gasteiger partial charge in [0.1, 0.15) is 11.3 Å². The third kappa shape index (κ3) is 4.14. The molecule has 5 nitrogen and oxygen atoms in total. The number of ether oxygens (including phenoxy) is 1. The number of rotatable bonds is 6. The number of carbonyl (C=O) groups excluding carboxylic acids is 1. The van der Waals surface area contributed by atoms with Crippen molar-refractivity contribution in [2.24, 2.45) is 5.92 Å². The lowest BCUT2D eigenvalue weighted by Crippen LogP contribution is -2.58. The Balaban J connectivity index is 1.34. The fraction of sp³-hybridized carbons (Fsp3) is 0.654. The number of amides is 1. The summed E-state index contributed by atoms with van der Waals surface area (Å²) in [5.74, 6) is 1.88. The van der Waals surface area contributed by atoms with Gasteiger partial charge in [-0.05, 0) is 70.9 Å². The molecule has 5 heteroatoms. The average molecular weight is 425 g/mol. The van der Waals surface area contributed by atoms with Gasteiger partial charge in [-0.25, -0.2) is 0 Å². The smallest absolute Gasteiger partial charge is 0.227 e. The second-order valence-corrected chi connectivity index (χ2v) is 10.2. The molecule has 1 aromatic carbocycles. The molecule has 0 radical (unpaired) electrons. The zero-order valence-electron chi connectivity index (χ0n) is 19.2. The second-order valence-electron chi connectivity index (χ2n) is 10.2. The van der Waals surface area contributed by atoms with Crippen LogP contribution in [0.4, 0.5) is 0 Å². The standard InChI is InChI=1S/C26H36N2O3/c1-18-21(20-7-4-5-8-24(20)31-18)15-25(29)28(3)22-11-13-26(12-6-14-30-26)16-23(22)27(2)17-19-9-10-19/h4-5,7-8,19,22-23H,6,9-17H2,1-3H3/t22-,23-,26-/m0/s1. The Bertz CT molecular complexity index is 941. The number of fused-ring (bicyclic) bond motifs is 1. The topological polar surface area (TPSA) is 45.9 Å². The van der Waals surface area contributed by atoms with E-state index in [4.69, 9.17) is 9.15 Å². The molecule has 3 fully saturated rings. The lowest BCUT2D eigenvalue weighted by atomic mass is 9.76. The van der Waals surface area contributed by atoms with E-state index in [9.17, 15) is 4.79 Å². The normalized spacial score (nSPS) is 28.6. The van der Waals surface area contributed by atoms with E-state index in [2.05, 4.69) is 18.0 Å². The minimum Gasteiger partial charge on any atom is -0.461 e. The van der Waals surface area contributed by atoms with Gasteiger partial charge < -0.3 is 19.0 Å². The summed E-state index contributed by atoms with van der Waals surface area (Å²) in [6.07, 6.45) is 8.58. The highest BCUT2D eigenvalue weighted by molar-refractivity contribution is 5.88. The van der Waals surface area contributed by atoms with E-state index in [0.717, 1.165) is 60.6 Å². The van der Waals surface area contributed by atoms with Crippen molar-refractivity contribution in [2.75, 3.05) is 27.2 Å². The summed E-state index contributed by atoms with van der Waals surface area (Å²) in [5.41, 5.74) is 1.94. The van der Waals surface area contributed by atoms with E-state index in [1.807, 2.05) is 37.1 Å². The molecule has 1 spiro atoms. The fourth-order valence-corrected chi connectivity index (χ4v) is 5.98. The third-order valence-electron chi connectivity index (χ3n) is 8.03. The number of hydrogen-bond donors (Lipinski definition) is 0. The first-order valence-corrected chi connectivity index (χ1v) is 12.0. The molecule has 2 aromatic rings. The molecule has 2 saturated carbocycles. The zero-order chi connectivity index (χ0) is 21.6. The van der Waals surface area contributed by atoms with Crippen molar-refractivity contribution < 1.29 is 13.9 Å². The Morgan fingerprint density at radius 2 is 1.94 bits per heavy atom. The van der Waals surface area contributed by atoms with E-state index in [1.54, 1.807) is 0 Å². The maximum absolute atomic E-state index is 13.5. The van der Waals surface area contributed by atoms with Crippen LogP contribution in [-0.4, -0.2) is 60.6 Å². The first-order valence-electron chi connectivity index (χ1n) is 12.0. The molecule has 2 heterocycles. The Hall–Kier alpha value is -1.85. The van der Waals surface area contributed by atoms with E-state index in [0.29, 0.717) is 12.5 Å². The lowest BCUT2D eigenvalue weighted by molar-refractivity contribution is -0.136. The molecule has 0 N–H and O–H groups in total. The Kier molecular flexibility index (Phi) is 5.59. The number of aryl methyl sites for hydroxylation is 1. The van der Waals surface area contributed by atoms with Crippen molar-refractivity contribution in [3.63, 3.8) is 0 Å². The molecule has 3 atom stereocenters. The van der Waals surface area contributed by atoms with Crippen molar-refractivity contribution in [1.29, 1.82) is 0 Å². The fourth-order valence-electron chi connectivity index (χ4n) is 5.98. The summed E-state index contributed by atoms with van der Waals surface area (Å²) in [4.78, 5) is 18.0. The molecule has 31 heavy (non-hydrogen) atoms. The van der Waals surface area contributed by atoms with Gasteiger partial charge in [0.05, 0.1) is 12.0 Å². The highest BCUT2D eigenvalue weighted by Crippen LogP contribution is 2.43. The largest absolute Gasteiger partial charge is 0.461 e. The van der Waals surface area contributed by atoms with Crippen molar-refractivity contribution in [1.82, 2.24) is 9.80 Å². The van der Waals surface area contributed by atoms with E-state index >= 15 is 0 Å². The molecule has 0 unspecified atom stereocenters. The van der Waals surface area contributed by atoms with Crippen LogP contribution in [0.5, 0.6) is 0 Å². The van der Waals surface area contributed by atoms with Gasteiger partial charge in [0.15, 0.2) is 0 Å². The Labute approximate surface area is 185 Å². The van der Waals surface area contributed by atoms with Crippen LogP contribution in [0.3, 0.4) is 0 Å². The van der Waals surface area contributed by atoms with Crippen LogP contribution in [0, 0.1) is 12.8 Å². The van der Waals surface area contributed by atoms with Crippen molar-refractivity contribution in [2.45, 2.75) is 76.0 Å². The van der Waals surface area contributed by atoms with Crippen LogP contribution in [0.15, 0.2) is 28.7 Å². The van der Waals surface area contributed by atoms with E-state index in [1.165, 1.54) is 25.7 Å². The highest BCUT2D eigenvalue weighted by atomic mass is 16.5. The van der Waals surface area contributed by atoms with Gasteiger partial charge >= 0.3 is 0 Å². The van der Waals surface area contributed by atoms with Crippen LogP contribution < -0.4 is 0 Å². The molecular weight excluding hydrogens is 388 g/mol. The number of carbonyl (C=O) groups is 1. The number of hydrogen-bond acceptors (Lipinski definition) is 4. The molecule has 1 aromatic heterocycles. The second kappa shape index (κ2) is 8.25. The van der Waals surface area contributed by atoms with Crippen LogP contribution in [-0.2, 0) is 16.0 Å². The van der Waals surface area contributed by atoms with E-state index < -0.39 is 0 Å². The van der Waals surface area contributed by atoms with Gasteiger partial charge in [-0.3, -0.25) is 4.79 Å². The van der Waals surface area contributed by atoms with Crippen molar-refractivity contribution >= 4 is 16.9 Å². The summed E-state index contributed by atoms with van der Waals surface area (Å²) in [6, 6.07) is 8.63. The van der Waals surface area contributed by atoms with Crippen molar-refractivity contribution in [3.05, 3.63) is 35.6 Å². The highest BCUT2D eigenvalue weighted by Gasteiger charge is 2.47. The molecule has 1 saturated heterocycles. The summed E-state index contributed by atoms with van der Waals surface area (Å²) in [5, 5.41) is 1.06. The van der Waals surface area contributed by atoms with Gasteiger partial charge in [-0.2, -0.15) is 0 Å². The zero-order valence-corrected chi connectivity index (χ0v) is 19.2. The minimum absolute atomic E-state index is 0.0419. The summed E-state index contributed by atoms with van der Waals surface area (Å²) in [7, 11) is 4.27.